The molecule has 0 radical (unpaired) electrons. The number of nitrogen functional groups attached to an aromatic ring is 2. The third kappa shape index (κ3) is 34.6. The van der Waals surface area contributed by atoms with Crippen LogP contribution in [0.3, 0.4) is 0 Å². The van der Waals surface area contributed by atoms with Crippen molar-refractivity contribution in [1.29, 1.82) is 0 Å². The molecule has 0 aromatic heterocycles. The molecule has 43 heteroatoms. The van der Waals surface area contributed by atoms with Crippen LogP contribution >= 0.6 is 0 Å². The molecule has 0 saturated carbocycles. The van der Waals surface area contributed by atoms with Gasteiger partial charge in [-0.3, -0.25) is 91.1 Å². The minimum atomic E-state index is -2.45. The number of esters is 1. The first kappa shape index (κ1) is 94.8. The van der Waals surface area contributed by atoms with E-state index in [0.29, 0.717) is 24.1 Å². The van der Waals surface area contributed by atoms with E-state index in [0.717, 1.165) is 52.9 Å². The highest BCUT2D eigenvalue weighted by Gasteiger charge is 2.41. The van der Waals surface area contributed by atoms with Crippen LogP contribution in [0, 0.1) is 5.92 Å². The molecule has 0 unspecified atom stereocenters. The number of unbranched alkanes of at least 4 members (excludes halogenated alkanes) is 6. The lowest BCUT2D eigenvalue weighted by Gasteiger charge is -2.30. The summed E-state index contributed by atoms with van der Waals surface area (Å²) < 4.78 is 5.66. The van der Waals surface area contributed by atoms with Crippen LogP contribution in [0.15, 0.2) is 48.5 Å². The Morgan fingerprint density at radius 2 is 1.05 bits per heavy atom. The fourth-order valence-corrected chi connectivity index (χ4v) is 11.1. The zero-order valence-corrected chi connectivity index (χ0v) is 62.6. The van der Waals surface area contributed by atoms with Gasteiger partial charge in [0.15, 0.2) is 5.78 Å². The van der Waals surface area contributed by atoms with Crippen LogP contribution in [-0.2, 0) is 102 Å². The molecule has 1 aliphatic rings. The van der Waals surface area contributed by atoms with E-state index in [2.05, 4.69) is 60.1 Å². The number of Topliss-reactive ketones (excluding diaryl/α,β-unsaturated/α-hetero) is 1. The first-order valence-corrected chi connectivity index (χ1v) is 36.0. The summed E-state index contributed by atoms with van der Waals surface area (Å²) in [4.78, 5) is 272. The molecule has 1 heterocycles. The summed E-state index contributed by atoms with van der Waals surface area (Å²) in [6.45, 7) is 1.09. The highest BCUT2D eigenvalue weighted by molar-refractivity contribution is 6.05. The van der Waals surface area contributed by atoms with Crippen molar-refractivity contribution >= 4 is 130 Å². The van der Waals surface area contributed by atoms with E-state index in [1.807, 2.05) is 16.0 Å². The van der Waals surface area contributed by atoms with Gasteiger partial charge < -0.3 is 122 Å². The number of primary amides is 1. The van der Waals surface area contributed by atoms with Gasteiger partial charge >= 0.3 is 29.8 Å². The number of ketones is 1. The Kier molecular flexibility index (Phi) is 40.5. The summed E-state index contributed by atoms with van der Waals surface area (Å²) in [6, 6.07) is -11.4. The van der Waals surface area contributed by atoms with Gasteiger partial charge in [0.1, 0.15) is 72.6 Å². The number of carboxylic acid groups (broad SMARTS) is 4. The number of para-hydroxylation sites is 1. The number of carbonyl (C=O) groups is 20. The Labute approximate surface area is 646 Å². The number of carboxylic acids is 4. The number of carbonyl (C=O) groups excluding carboxylic acids is 16. The molecule has 0 aliphatic carbocycles. The van der Waals surface area contributed by atoms with Gasteiger partial charge in [0.25, 0.3) is 0 Å². The second kappa shape index (κ2) is 48.3. The van der Waals surface area contributed by atoms with Gasteiger partial charge in [-0.15, -0.1) is 0 Å². The quantitative estimate of drug-likeness (QED) is 0.0132. The monoisotopic (exact) mass is 1600 g/mol. The van der Waals surface area contributed by atoms with Crippen LogP contribution in [0.1, 0.15) is 146 Å². The second-order valence-corrected chi connectivity index (χ2v) is 26.6. The molecule has 1 aliphatic heterocycles. The van der Waals surface area contributed by atoms with E-state index < -0.39 is 261 Å². The van der Waals surface area contributed by atoms with E-state index >= 15 is 0 Å². The van der Waals surface area contributed by atoms with Crippen molar-refractivity contribution in [2.45, 2.75) is 209 Å². The van der Waals surface area contributed by atoms with Crippen molar-refractivity contribution in [3.05, 3.63) is 59.7 Å². The number of cyclic esters (lactones) is 1. The smallest absolute Gasteiger partial charge is 0.329 e. The number of benzene rings is 2. The molecule has 2 aromatic carbocycles. The molecule has 43 nitrogen and oxygen atoms in total. The van der Waals surface area contributed by atoms with Crippen LogP contribution in [0.25, 0.3) is 0 Å². The Hall–Kier alpha value is -12.4. The molecule has 113 heavy (non-hydrogen) atoms. The average molecular weight is 1600 g/mol. The Bertz CT molecular complexity index is 3770. The summed E-state index contributed by atoms with van der Waals surface area (Å²) in [6.07, 6.45) is -3.98. The maximum atomic E-state index is 14.8. The fraction of sp³-hybridized carbons (Fsp3) is 0.543. The molecule has 622 valence electrons. The van der Waals surface area contributed by atoms with Gasteiger partial charge in [0, 0.05) is 36.2 Å². The van der Waals surface area contributed by atoms with Gasteiger partial charge in [-0.1, -0.05) is 76.6 Å². The summed E-state index contributed by atoms with van der Waals surface area (Å²) in [7, 11) is 0. The predicted molar refractivity (Wildman–Crippen MR) is 393 cm³/mol. The summed E-state index contributed by atoms with van der Waals surface area (Å²) in [5.41, 5.74) is 23.5. The molecule has 1 fully saturated rings. The number of nitrogens with two attached hydrogens (primary N) is 4. The van der Waals surface area contributed by atoms with Crippen molar-refractivity contribution in [3.63, 3.8) is 0 Å². The molecule has 0 spiro atoms. The fourth-order valence-electron chi connectivity index (χ4n) is 11.1. The lowest BCUT2D eigenvalue weighted by Crippen LogP contribution is -2.62. The highest BCUT2D eigenvalue weighted by Crippen LogP contribution is 2.19. The first-order chi connectivity index (χ1) is 53.3. The number of aliphatic hydroxyl groups excluding tert-OH is 1. The van der Waals surface area contributed by atoms with Crippen LogP contribution in [-0.4, -0.2) is 243 Å². The maximum Gasteiger partial charge on any atom is 0.329 e. The third-order valence-corrected chi connectivity index (χ3v) is 17.2. The SMILES string of the molecule is CCCCCCCCCC(=O)N[C@@H](Cc1ccc(N)cc1)C(=O)N[C@H](CC(N)=O)C(=O)N[C@@H](CC(=O)O)C(=O)N[C@@H]1C(=O)NCC(=O)N[C@@H](CCCN)C(=O)N[C@@H](CC(=O)O)C(=O)N[C@H](C)C(=O)N[C@@H](CC(=O)O)C(=O)NCC(=O)N[C@H](CO)C(=O)N[C@@H]([C@H](C)CC(=O)O)C(=O)N[C@@H](CC(=O)c2ccccc2N)C(=O)O[C@@H]1C. The van der Waals surface area contributed by atoms with Crippen LogP contribution in [0.2, 0.25) is 0 Å². The zero-order valence-electron chi connectivity index (χ0n) is 62.6. The predicted octanol–water partition coefficient (Wildman–Crippen LogP) is -6.52. The number of rotatable bonds is 35. The number of amides is 14. The number of anilines is 2. The number of hydrogen-bond donors (Lipinski definition) is 22. The van der Waals surface area contributed by atoms with E-state index in [9.17, 15) is 121 Å². The van der Waals surface area contributed by atoms with Gasteiger partial charge in [-0.25, -0.2) is 4.79 Å². The van der Waals surface area contributed by atoms with Crippen LogP contribution in [0.4, 0.5) is 11.4 Å². The van der Waals surface area contributed by atoms with Gasteiger partial charge in [0.05, 0.1) is 51.8 Å². The number of nitrogens with one attached hydrogen (secondary N) is 13. The molecular weight excluding hydrogens is 1490 g/mol. The van der Waals surface area contributed by atoms with Crippen LogP contribution < -0.4 is 92.1 Å². The normalized spacial score (nSPS) is 21.3. The molecule has 26 N–H and O–H groups in total. The zero-order chi connectivity index (χ0) is 84.8. The number of hydrogen-bond acceptors (Lipinski definition) is 25. The second-order valence-electron chi connectivity index (χ2n) is 26.6. The van der Waals surface area contributed by atoms with Crippen molar-refractivity contribution < 1.29 is 126 Å². The topological polar surface area (TPSA) is 712 Å². The molecule has 13 atom stereocenters. The van der Waals surface area contributed by atoms with Crippen molar-refractivity contribution in [2.75, 3.05) is 37.7 Å². The minimum absolute atomic E-state index is 0.0247. The Morgan fingerprint density at radius 3 is 1.62 bits per heavy atom. The van der Waals surface area contributed by atoms with E-state index in [-0.39, 0.29) is 37.1 Å². The van der Waals surface area contributed by atoms with E-state index in [4.69, 9.17) is 27.7 Å². The molecule has 14 amide bonds. The molecule has 0 bridgehead atoms. The number of aliphatic hydroxyl groups is 1. The van der Waals surface area contributed by atoms with Gasteiger partial charge in [-0.2, -0.15) is 0 Å². The Morgan fingerprint density at radius 1 is 0.531 bits per heavy atom. The lowest BCUT2D eigenvalue weighted by atomic mass is 9.96. The van der Waals surface area contributed by atoms with Crippen molar-refractivity contribution in [1.82, 2.24) is 69.1 Å². The van der Waals surface area contributed by atoms with Gasteiger partial charge in [-0.05, 0) is 75.4 Å². The third-order valence-electron chi connectivity index (χ3n) is 17.2. The van der Waals surface area contributed by atoms with Crippen LogP contribution in [0.5, 0.6) is 0 Å². The Balaban J connectivity index is 2.29. The minimum Gasteiger partial charge on any atom is -0.481 e. The van der Waals surface area contributed by atoms with Crippen molar-refractivity contribution in [2.24, 2.45) is 17.4 Å². The summed E-state index contributed by atoms with van der Waals surface area (Å²) in [5, 5.41) is 77.7. The van der Waals surface area contributed by atoms with Gasteiger partial charge in [0.2, 0.25) is 82.7 Å². The highest BCUT2D eigenvalue weighted by atomic mass is 16.5. The number of ether oxygens (including phenoxy) is 1. The van der Waals surface area contributed by atoms with E-state index in [1.54, 1.807) is 12.1 Å². The van der Waals surface area contributed by atoms with Crippen molar-refractivity contribution in [3.8, 4) is 0 Å². The largest absolute Gasteiger partial charge is 0.481 e. The summed E-state index contributed by atoms with van der Waals surface area (Å²) >= 11 is 0. The molecular formula is C70H101N17O26. The number of aliphatic carboxylic acids is 4. The maximum absolute atomic E-state index is 14.8. The molecule has 2 aromatic rings. The summed E-state index contributed by atoms with van der Waals surface area (Å²) in [5.74, 6) is -29.8. The molecule has 1 saturated heterocycles. The standard InChI is InChI=1S/C70H101N17O26/c1-5-6-7-8-9-10-11-18-51(91)79-42(25-37-19-21-38(72)22-20-37)64(106)82-43(27-50(74)90)65(107)84-46(30-57(100)101)66(108)87-59-36(4)113-70(112)47(26-49(89)39-15-12-13-16-40(39)73)85-69(111)58(34(2)24-54(94)95)86-67(109)48(33-88)80-53(93)31-75-61(103)44(28-55(96)97)81-60(102)35(3)77-63(105)45(29-56(98)99)83-62(104)41(17-14-23-71)78-52(92)32-76-68(59)110/h12-13,15-16,19-22,34-36,41-48,58-59,88H,5-11,14,17-18,23-33,71-73H2,1-4H3,(H2,74,90)(H,75,103)(H,76,110)(H,77,105)(H,78,92)(H,79,91)(H,80,93)(H,81,102)(H,82,106)(H,83,104)(H,84,107)(H,85,111)(H,86,109)(H,87,108)(H,94,95)(H,96,97)(H,98,99)(H,100,101)/t34-,35-,36-,41+,42+,43-,44+,45+,46+,47+,48-,58+,59+/m1/s1. The average Bonchev–Trinajstić information content (AvgIpc) is 0.851. The first-order valence-electron chi connectivity index (χ1n) is 36.0. The molecule has 3 rings (SSSR count). The van der Waals surface area contributed by atoms with E-state index in [1.165, 1.54) is 36.4 Å². The lowest BCUT2D eigenvalue weighted by molar-refractivity contribution is -0.156.